The predicted molar refractivity (Wildman–Crippen MR) is 91.4 cm³/mol. The van der Waals surface area contributed by atoms with Gasteiger partial charge in [-0.2, -0.15) is 0 Å². The number of anilines is 1. The van der Waals surface area contributed by atoms with Gasteiger partial charge < -0.3 is 10.2 Å². The largest absolute Gasteiger partial charge is 0.382 e. The Kier molecular flexibility index (Phi) is 4.49. The Hall–Kier alpha value is -2.12. The number of fused-ring (bicyclic) bond motifs is 1. The number of aromatic nitrogens is 3. The molecule has 0 saturated carbocycles. The number of carbonyl (C=O) groups is 1. The number of amides is 1. The lowest BCUT2D eigenvalue weighted by atomic mass is 10.3. The Balaban J connectivity index is 1.72. The first-order valence-corrected chi connectivity index (χ1v) is 7.94. The molecule has 8 heteroatoms. The summed E-state index contributed by atoms with van der Waals surface area (Å²) in [5.74, 6) is -0.294. The summed E-state index contributed by atoms with van der Waals surface area (Å²) in [4.78, 5) is 18.9. The monoisotopic (exact) mass is 394 g/mol. The Morgan fingerprint density at radius 3 is 2.78 bits per heavy atom. The summed E-state index contributed by atoms with van der Waals surface area (Å²) in [6.07, 6.45) is -0.762. The van der Waals surface area contributed by atoms with Gasteiger partial charge in [-0.3, -0.25) is 4.79 Å². The molecule has 1 atom stereocenters. The van der Waals surface area contributed by atoms with E-state index in [1.165, 1.54) is 4.85 Å². The zero-order valence-electron chi connectivity index (χ0n) is 12.0. The fraction of sp³-hybridized carbons (Fsp3) is 0.133. The second kappa shape index (κ2) is 6.55. The normalized spacial score (nSPS) is 12.1. The summed E-state index contributed by atoms with van der Waals surface area (Å²) in [6.45, 7) is 1.63. The molecule has 2 aromatic carbocycles. The lowest BCUT2D eigenvalue weighted by molar-refractivity contribution is -0.127. The zero-order valence-corrected chi connectivity index (χ0v) is 14.4. The average Bonchev–Trinajstić information content (AvgIpc) is 2.91. The van der Waals surface area contributed by atoms with E-state index in [1.807, 2.05) is 12.1 Å². The first-order chi connectivity index (χ1) is 11.0. The van der Waals surface area contributed by atoms with Crippen molar-refractivity contribution in [2.45, 2.75) is 13.0 Å². The highest BCUT2D eigenvalue weighted by Crippen LogP contribution is 2.17. The summed E-state index contributed by atoms with van der Waals surface area (Å²) in [6, 6.07) is 12.4. The van der Waals surface area contributed by atoms with Gasteiger partial charge in [0.25, 0.3) is 5.91 Å². The molecule has 1 N–H and O–H groups in total. The molecular weight excluding hydrogens is 384 g/mol. The Morgan fingerprint density at radius 2 is 2.04 bits per heavy atom. The standard InChI is InChI=1S/C15H12BrClN4O2/c1-9(15(22)18-12-5-2-10(16)3-6-12)23-21-14-8-11(17)4-7-13(14)19-20-21/h2-9H,1H3,(H,18,22)/t9-/m1/s1. The molecule has 0 aliphatic heterocycles. The second-order valence-corrected chi connectivity index (χ2v) is 6.19. The maximum absolute atomic E-state index is 12.2. The van der Waals surface area contributed by atoms with Gasteiger partial charge in [-0.05, 0) is 54.6 Å². The number of nitrogens with zero attached hydrogens (tertiary/aromatic N) is 3. The lowest BCUT2D eigenvalue weighted by Gasteiger charge is -2.13. The topological polar surface area (TPSA) is 69.0 Å². The van der Waals surface area contributed by atoms with Crippen LogP contribution in [0.5, 0.6) is 0 Å². The van der Waals surface area contributed by atoms with E-state index in [9.17, 15) is 4.79 Å². The third-order valence-corrected chi connectivity index (χ3v) is 3.88. The molecule has 0 aliphatic rings. The van der Waals surface area contributed by atoms with Crippen molar-refractivity contribution in [1.82, 2.24) is 15.2 Å². The van der Waals surface area contributed by atoms with E-state index < -0.39 is 6.10 Å². The molecule has 118 valence electrons. The summed E-state index contributed by atoms with van der Waals surface area (Å²) >= 11 is 9.30. The average molecular weight is 396 g/mol. The van der Waals surface area contributed by atoms with Gasteiger partial charge in [-0.1, -0.05) is 32.4 Å². The quantitative estimate of drug-likeness (QED) is 0.736. The molecule has 6 nitrogen and oxygen atoms in total. The van der Waals surface area contributed by atoms with Crippen LogP contribution in [0.15, 0.2) is 46.9 Å². The van der Waals surface area contributed by atoms with Crippen molar-refractivity contribution in [2.24, 2.45) is 0 Å². The molecule has 0 aliphatic carbocycles. The van der Waals surface area contributed by atoms with Crippen LogP contribution in [0.25, 0.3) is 11.0 Å². The van der Waals surface area contributed by atoms with Crippen molar-refractivity contribution in [2.75, 3.05) is 5.32 Å². The zero-order chi connectivity index (χ0) is 16.4. The van der Waals surface area contributed by atoms with Crippen molar-refractivity contribution in [3.05, 3.63) is 52.0 Å². The number of benzene rings is 2. The van der Waals surface area contributed by atoms with E-state index in [1.54, 1.807) is 37.3 Å². The van der Waals surface area contributed by atoms with Crippen molar-refractivity contribution < 1.29 is 9.63 Å². The molecular formula is C15H12BrClN4O2. The number of hydrogen-bond donors (Lipinski definition) is 1. The van der Waals surface area contributed by atoms with Crippen LogP contribution in [-0.4, -0.2) is 27.2 Å². The van der Waals surface area contributed by atoms with Gasteiger partial charge >= 0.3 is 0 Å². The summed E-state index contributed by atoms with van der Waals surface area (Å²) < 4.78 is 0.936. The van der Waals surface area contributed by atoms with Crippen LogP contribution < -0.4 is 10.2 Å². The van der Waals surface area contributed by atoms with Gasteiger partial charge in [-0.25, -0.2) is 0 Å². The van der Waals surface area contributed by atoms with Crippen LogP contribution in [0.1, 0.15) is 6.92 Å². The molecule has 0 spiro atoms. The van der Waals surface area contributed by atoms with E-state index in [2.05, 4.69) is 31.6 Å². The molecule has 3 rings (SSSR count). The maximum Gasteiger partial charge on any atom is 0.267 e. The van der Waals surface area contributed by atoms with Gasteiger partial charge in [-0.15, -0.1) is 5.10 Å². The first kappa shape index (κ1) is 15.8. The molecule has 0 saturated heterocycles. The summed E-state index contributed by atoms with van der Waals surface area (Å²) in [5, 5.41) is 11.1. The molecule has 0 unspecified atom stereocenters. The highest BCUT2D eigenvalue weighted by atomic mass is 79.9. The maximum atomic E-state index is 12.2. The smallest absolute Gasteiger partial charge is 0.267 e. The van der Waals surface area contributed by atoms with Gasteiger partial charge in [0.15, 0.2) is 0 Å². The molecule has 23 heavy (non-hydrogen) atoms. The molecule has 0 bridgehead atoms. The van der Waals surface area contributed by atoms with E-state index in [0.29, 0.717) is 21.7 Å². The summed E-state index contributed by atoms with van der Waals surface area (Å²) in [7, 11) is 0. The number of carbonyl (C=O) groups excluding carboxylic acids is 1. The Labute approximate surface area is 145 Å². The van der Waals surface area contributed by atoms with Crippen LogP contribution in [-0.2, 0) is 4.79 Å². The second-order valence-electron chi connectivity index (χ2n) is 4.84. The van der Waals surface area contributed by atoms with Crippen molar-refractivity contribution in [1.29, 1.82) is 0 Å². The van der Waals surface area contributed by atoms with Gasteiger partial charge in [0, 0.05) is 15.2 Å². The molecule has 1 amide bonds. The summed E-state index contributed by atoms with van der Waals surface area (Å²) in [5.41, 5.74) is 1.91. The van der Waals surface area contributed by atoms with Crippen LogP contribution >= 0.6 is 27.5 Å². The van der Waals surface area contributed by atoms with Crippen LogP contribution in [0, 0.1) is 0 Å². The Bertz CT molecular complexity index is 850. The van der Waals surface area contributed by atoms with Gasteiger partial charge in [0.1, 0.15) is 11.0 Å². The van der Waals surface area contributed by atoms with Gasteiger partial charge in [0.2, 0.25) is 6.10 Å². The van der Waals surface area contributed by atoms with E-state index in [0.717, 1.165) is 4.47 Å². The lowest BCUT2D eigenvalue weighted by Crippen LogP contribution is -2.35. The SMILES string of the molecule is C[C@@H](On1nnc2ccc(Cl)cc21)C(=O)Nc1ccc(Br)cc1. The van der Waals surface area contributed by atoms with E-state index in [-0.39, 0.29) is 5.91 Å². The van der Waals surface area contributed by atoms with Crippen molar-refractivity contribution in [3.8, 4) is 0 Å². The minimum absolute atomic E-state index is 0.294. The molecule has 3 aromatic rings. The molecule has 0 fully saturated rings. The van der Waals surface area contributed by atoms with Crippen LogP contribution in [0.2, 0.25) is 5.02 Å². The first-order valence-electron chi connectivity index (χ1n) is 6.77. The number of hydrogen-bond acceptors (Lipinski definition) is 4. The molecule has 0 radical (unpaired) electrons. The third kappa shape index (κ3) is 3.62. The highest BCUT2D eigenvalue weighted by molar-refractivity contribution is 9.10. The Morgan fingerprint density at radius 1 is 1.30 bits per heavy atom. The highest BCUT2D eigenvalue weighted by Gasteiger charge is 2.17. The number of rotatable bonds is 4. The van der Waals surface area contributed by atoms with Crippen LogP contribution in [0.4, 0.5) is 5.69 Å². The predicted octanol–water partition coefficient (Wildman–Crippen LogP) is 3.30. The molecule has 1 heterocycles. The number of nitrogens with one attached hydrogen (secondary N) is 1. The third-order valence-electron chi connectivity index (χ3n) is 3.12. The van der Waals surface area contributed by atoms with Crippen molar-refractivity contribution in [3.63, 3.8) is 0 Å². The van der Waals surface area contributed by atoms with Gasteiger partial charge in [0.05, 0.1) is 0 Å². The fourth-order valence-corrected chi connectivity index (χ4v) is 2.35. The van der Waals surface area contributed by atoms with Crippen LogP contribution in [0.3, 0.4) is 0 Å². The minimum Gasteiger partial charge on any atom is -0.382 e. The fourth-order valence-electron chi connectivity index (χ4n) is 1.92. The van der Waals surface area contributed by atoms with Crippen molar-refractivity contribution >= 4 is 50.2 Å². The van der Waals surface area contributed by atoms with E-state index in [4.69, 9.17) is 16.4 Å². The number of halogens is 2. The molecule has 1 aromatic heterocycles. The minimum atomic E-state index is -0.762. The van der Waals surface area contributed by atoms with E-state index >= 15 is 0 Å².